The molecule has 1 heterocycles. The number of rotatable bonds is 6. The molecular formula is C11H17BrClN3. The lowest BCUT2D eigenvalue weighted by molar-refractivity contribution is 0.355. The van der Waals surface area contributed by atoms with E-state index in [0.29, 0.717) is 0 Å². The summed E-state index contributed by atoms with van der Waals surface area (Å²) >= 11 is 9.11. The highest BCUT2D eigenvalue weighted by Gasteiger charge is 2.17. The monoisotopic (exact) mass is 305 g/mol. The number of hydrogen-bond donors (Lipinski definition) is 1. The summed E-state index contributed by atoms with van der Waals surface area (Å²) in [5.41, 5.74) is 0.222. The van der Waals surface area contributed by atoms with Gasteiger partial charge in [-0.3, -0.25) is 0 Å². The van der Waals surface area contributed by atoms with Crippen molar-refractivity contribution in [3.8, 4) is 0 Å². The Labute approximate surface area is 110 Å². The molecule has 0 bridgehead atoms. The lowest BCUT2D eigenvalue weighted by Crippen LogP contribution is -2.23. The van der Waals surface area contributed by atoms with Gasteiger partial charge in [-0.2, -0.15) is 0 Å². The van der Waals surface area contributed by atoms with Crippen LogP contribution in [-0.4, -0.2) is 22.4 Å². The first kappa shape index (κ1) is 13.7. The molecule has 0 spiro atoms. The van der Waals surface area contributed by atoms with Crippen LogP contribution in [0.2, 0.25) is 0 Å². The van der Waals surface area contributed by atoms with Gasteiger partial charge in [0.2, 0.25) is 0 Å². The molecule has 1 aromatic rings. The molecule has 0 aliphatic heterocycles. The second kappa shape index (κ2) is 6.40. The summed E-state index contributed by atoms with van der Waals surface area (Å²) < 4.78 is 0.892. The van der Waals surface area contributed by atoms with Gasteiger partial charge >= 0.3 is 0 Å². The lowest BCUT2D eigenvalue weighted by atomic mass is 9.88. The van der Waals surface area contributed by atoms with Gasteiger partial charge in [-0.15, -0.1) is 11.6 Å². The van der Waals surface area contributed by atoms with Gasteiger partial charge in [0, 0.05) is 18.6 Å². The van der Waals surface area contributed by atoms with Crippen molar-refractivity contribution in [2.24, 2.45) is 5.41 Å². The summed E-state index contributed by atoms with van der Waals surface area (Å²) in [6.45, 7) is 5.32. The quantitative estimate of drug-likeness (QED) is 0.814. The van der Waals surface area contributed by atoms with Crippen LogP contribution in [0.25, 0.3) is 0 Å². The normalized spacial score (nSPS) is 11.5. The molecule has 5 heteroatoms. The topological polar surface area (TPSA) is 37.8 Å². The molecule has 0 radical (unpaired) electrons. The summed E-state index contributed by atoms with van der Waals surface area (Å²) in [5.74, 6) is 1.56. The smallest absolute Gasteiger partial charge is 0.143 e. The van der Waals surface area contributed by atoms with E-state index in [9.17, 15) is 0 Å². The SMILES string of the molecule is CC(C)(CCCCl)CNc1ncncc1Br. The second-order valence-electron chi connectivity index (χ2n) is 4.53. The summed E-state index contributed by atoms with van der Waals surface area (Å²) in [7, 11) is 0. The van der Waals surface area contributed by atoms with E-state index in [1.165, 1.54) is 0 Å². The third kappa shape index (κ3) is 4.66. The van der Waals surface area contributed by atoms with Crippen molar-refractivity contribution >= 4 is 33.3 Å². The summed E-state index contributed by atoms with van der Waals surface area (Å²) in [5, 5.41) is 3.32. The fourth-order valence-corrected chi connectivity index (χ4v) is 1.89. The van der Waals surface area contributed by atoms with Crippen molar-refractivity contribution in [1.29, 1.82) is 0 Å². The van der Waals surface area contributed by atoms with E-state index in [2.05, 4.69) is 45.1 Å². The minimum absolute atomic E-state index is 0.222. The Hall–Kier alpha value is -0.350. The maximum Gasteiger partial charge on any atom is 0.143 e. The van der Waals surface area contributed by atoms with Crippen LogP contribution in [0, 0.1) is 5.41 Å². The molecule has 3 nitrogen and oxygen atoms in total. The van der Waals surface area contributed by atoms with Crippen LogP contribution >= 0.6 is 27.5 Å². The molecule has 1 rings (SSSR count). The number of nitrogens with zero attached hydrogens (tertiary/aromatic N) is 2. The molecule has 0 aromatic carbocycles. The van der Waals surface area contributed by atoms with Crippen LogP contribution < -0.4 is 5.32 Å². The third-order valence-corrected chi connectivity index (χ3v) is 3.24. The molecule has 0 amide bonds. The van der Waals surface area contributed by atoms with Crippen LogP contribution in [0.5, 0.6) is 0 Å². The summed E-state index contributed by atoms with van der Waals surface area (Å²) in [4.78, 5) is 8.09. The number of anilines is 1. The van der Waals surface area contributed by atoms with Crippen molar-refractivity contribution in [3.05, 3.63) is 17.0 Å². The first-order valence-corrected chi connectivity index (χ1v) is 6.63. The van der Waals surface area contributed by atoms with Gasteiger partial charge in [-0.1, -0.05) is 13.8 Å². The van der Waals surface area contributed by atoms with E-state index >= 15 is 0 Å². The number of hydrogen-bond acceptors (Lipinski definition) is 3. The number of nitrogens with one attached hydrogen (secondary N) is 1. The van der Waals surface area contributed by atoms with Crippen LogP contribution in [0.4, 0.5) is 5.82 Å². The highest BCUT2D eigenvalue weighted by molar-refractivity contribution is 9.10. The zero-order valence-electron chi connectivity index (χ0n) is 9.63. The first-order chi connectivity index (χ1) is 7.55. The van der Waals surface area contributed by atoms with Gasteiger partial charge in [-0.05, 0) is 34.2 Å². The minimum atomic E-state index is 0.222. The fraction of sp³-hybridized carbons (Fsp3) is 0.636. The standard InChI is InChI=1S/C11H17BrClN3/c1-11(2,4-3-5-13)7-15-10-9(12)6-14-8-16-10/h6,8H,3-5,7H2,1-2H3,(H,14,15,16). The zero-order chi connectivity index (χ0) is 12.0. The Bertz CT molecular complexity index is 331. The average molecular weight is 307 g/mol. The van der Waals surface area contributed by atoms with Gasteiger partial charge < -0.3 is 5.32 Å². The van der Waals surface area contributed by atoms with Crippen LogP contribution in [-0.2, 0) is 0 Å². The molecule has 16 heavy (non-hydrogen) atoms. The largest absolute Gasteiger partial charge is 0.368 e. The maximum absolute atomic E-state index is 5.70. The summed E-state index contributed by atoms with van der Waals surface area (Å²) in [6, 6.07) is 0. The molecule has 90 valence electrons. The van der Waals surface area contributed by atoms with E-state index in [0.717, 1.165) is 35.6 Å². The predicted molar refractivity (Wildman–Crippen MR) is 72.0 cm³/mol. The maximum atomic E-state index is 5.70. The molecule has 0 saturated heterocycles. The fourth-order valence-electron chi connectivity index (χ4n) is 1.40. The van der Waals surface area contributed by atoms with Crippen molar-refractivity contribution in [3.63, 3.8) is 0 Å². The number of halogens is 2. The Morgan fingerprint density at radius 3 is 2.88 bits per heavy atom. The second-order valence-corrected chi connectivity index (χ2v) is 5.76. The lowest BCUT2D eigenvalue weighted by Gasteiger charge is -2.25. The van der Waals surface area contributed by atoms with Crippen molar-refractivity contribution in [1.82, 2.24) is 9.97 Å². The molecule has 0 fully saturated rings. The molecule has 0 atom stereocenters. The Kier molecular flexibility index (Phi) is 5.49. The number of alkyl halides is 1. The van der Waals surface area contributed by atoms with Crippen LogP contribution in [0.1, 0.15) is 26.7 Å². The molecule has 0 aliphatic carbocycles. The minimum Gasteiger partial charge on any atom is -0.368 e. The Morgan fingerprint density at radius 1 is 1.50 bits per heavy atom. The van der Waals surface area contributed by atoms with Crippen molar-refractivity contribution in [2.75, 3.05) is 17.7 Å². The third-order valence-electron chi connectivity index (χ3n) is 2.39. The highest BCUT2D eigenvalue weighted by atomic mass is 79.9. The van der Waals surface area contributed by atoms with Gasteiger partial charge in [0.1, 0.15) is 12.1 Å². The van der Waals surface area contributed by atoms with Gasteiger partial charge in [0.05, 0.1) is 4.47 Å². The predicted octanol–water partition coefficient (Wildman–Crippen LogP) is 3.70. The van der Waals surface area contributed by atoms with E-state index in [1.54, 1.807) is 12.5 Å². The molecular weight excluding hydrogens is 289 g/mol. The molecule has 0 saturated carbocycles. The van der Waals surface area contributed by atoms with E-state index in [-0.39, 0.29) is 5.41 Å². The first-order valence-electron chi connectivity index (χ1n) is 5.30. The van der Waals surface area contributed by atoms with E-state index in [4.69, 9.17) is 11.6 Å². The van der Waals surface area contributed by atoms with Crippen molar-refractivity contribution in [2.45, 2.75) is 26.7 Å². The number of aromatic nitrogens is 2. The Morgan fingerprint density at radius 2 is 2.25 bits per heavy atom. The zero-order valence-corrected chi connectivity index (χ0v) is 12.0. The highest BCUT2D eigenvalue weighted by Crippen LogP contribution is 2.24. The van der Waals surface area contributed by atoms with E-state index in [1.807, 2.05) is 0 Å². The molecule has 0 aliphatic rings. The Balaban J connectivity index is 2.47. The van der Waals surface area contributed by atoms with Gasteiger partial charge in [0.15, 0.2) is 0 Å². The van der Waals surface area contributed by atoms with E-state index < -0.39 is 0 Å². The average Bonchev–Trinajstić information content (AvgIpc) is 2.26. The van der Waals surface area contributed by atoms with Crippen LogP contribution in [0.15, 0.2) is 17.0 Å². The molecule has 1 aromatic heterocycles. The molecule has 1 N–H and O–H groups in total. The summed E-state index contributed by atoms with van der Waals surface area (Å²) in [6.07, 6.45) is 5.42. The van der Waals surface area contributed by atoms with Crippen LogP contribution in [0.3, 0.4) is 0 Å². The molecule has 0 unspecified atom stereocenters. The van der Waals surface area contributed by atoms with Crippen molar-refractivity contribution < 1.29 is 0 Å². The van der Waals surface area contributed by atoms with Gasteiger partial charge in [-0.25, -0.2) is 9.97 Å². The van der Waals surface area contributed by atoms with Gasteiger partial charge in [0.25, 0.3) is 0 Å².